The van der Waals surface area contributed by atoms with Crippen molar-refractivity contribution in [3.63, 3.8) is 0 Å². The van der Waals surface area contributed by atoms with Gasteiger partial charge in [0.05, 0.1) is 0 Å². The minimum Gasteiger partial charge on any atom is -0.352 e. The maximum Gasteiger partial charge on any atom is 0.224 e. The lowest BCUT2D eigenvalue weighted by Gasteiger charge is -2.15. The van der Waals surface area contributed by atoms with Crippen molar-refractivity contribution in [1.29, 1.82) is 0 Å². The van der Waals surface area contributed by atoms with E-state index in [1.807, 2.05) is 6.92 Å². The molecule has 0 radical (unpaired) electrons. The third-order valence-electron chi connectivity index (χ3n) is 3.86. The van der Waals surface area contributed by atoms with Crippen LogP contribution in [-0.4, -0.2) is 30.4 Å². The molecule has 0 aromatic heterocycles. The van der Waals surface area contributed by atoms with Crippen molar-refractivity contribution in [1.82, 2.24) is 10.2 Å². The number of halogens is 2. The summed E-state index contributed by atoms with van der Waals surface area (Å²) in [5.74, 6) is -0.0970. The molecular weight excluding hydrogens is 321 g/mol. The summed E-state index contributed by atoms with van der Waals surface area (Å²) >= 11 is 0. The minimum absolute atomic E-state index is 0. The van der Waals surface area contributed by atoms with E-state index in [1.54, 1.807) is 0 Å². The molecule has 0 spiro atoms. The van der Waals surface area contributed by atoms with E-state index in [1.165, 1.54) is 31.5 Å². The average molecular weight is 348 g/mol. The summed E-state index contributed by atoms with van der Waals surface area (Å²) in [5, 5.41) is 2.94. The summed E-state index contributed by atoms with van der Waals surface area (Å²) < 4.78 is 0. The number of nitrogens with zero attached hydrogens (tertiary/aromatic N) is 1. The summed E-state index contributed by atoms with van der Waals surface area (Å²) in [6.07, 6.45) is 2.62. The fraction of sp³-hybridized carbons (Fsp3) is 0.562. The van der Waals surface area contributed by atoms with Gasteiger partial charge in [-0.3, -0.25) is 9.69 Å². The monoisotopic (exact) mass is 347 g/mol. The molecule has 0 bridgehead atoms. The van der Waals surface area contributed by atoms with Crippen molar-refractivity contribution < 1.29 is 4.79 Å². The third kappa shape index (κ3) is 6.53. The summed E-state index contributed by atoms with van der Waals surface area (Å²) in [5.41, 5.74) is 7.97. The van der Waals surface area contributed by atoms with E-state index >= 15 is 0 Å². The maximum atomic E-state index is 11.7. The standard InChI is InChI=1S/C16H25N3O.2ClH/c1-13(10-17)16(20)18-11-14-5-4-6-15(9-14)12-19-7-2-3-8-19;;/h4-6,9,13H,2-3,7-8,10-12,17H2,1H3,(H,18,20);2*1H. The molecule has 1 atom stereocenters. The van der Waals surface area contributed by atoms with E-state index in [0.717, 1.165) is 12.1 Å². The number of carbonyl (C=O) groups is 1. The molecule has 1 amide bonds. The lowest BCUT2D eigenvalue weighted by atomic mass is 10.1. The SMILES string of the molecule is CC(CN)C(=O)NCc1cccc(CN2CCCC2)c1.Cl.Cl. The van der Waals surface area contributed by atoms with E-state index in [-0.39, 0.29) is 36.6 Å². The molecular formula is C16H27Cl2N3O. The summed E-state index contributed by atoms with van der Waals surface area (Å²) in [6, 6.07) is 8.47. The number of nitrogens with two attached hydrogens (primary N) is 1. The summed E-state index contributed by atoms with van der Waals surface area (Å²) in [6.45, 7) is 6.24. The average Bonchev–Trinajstić information content (AvgIpc) is 2.97. The molecule has 1 aromatic rings. The zero-order valence-corrected chi connectivity index (χ0v) is 14.7. The predicted molar refractivity (Wildman–Crippen MR) is 95.5 cm³/mol. The molecule has 1 unspecified atom stereocenters. The van der Waals surface area contributed by atoms with Gasteiger partial charge in [-0.05, 0) is 37.1 Å². The van der Waals surface area contributed by atoms with Gasteiger partial charge in [0.15, 0.2) is 0 Å². The molecule has 6 heteroatoms. The van der Waals surface area contributed by atoms with Crippen LogP contribution in [0.25, 0.3) is 0 Å². The Balaban J connectivity index is 0.00000220. The van der Waals surface area contributed by atoms with Crippen LogP contribution in [0.4, 0.5) is 0 Å². The van der Waals surface area contributed by atoms with E-state index in [0.29, 0.717) is 13.1 Å². The summed E-state index contributed by atoms with van der Waals surface area (Å²) in [7, 11) is 0. The van der Waals surface area contributed by atoms with Crippen LogP contribution in [0.15, 0.2) is 24.3 Å². The largest absolute Gasteiger partial charge is 0.352 e. The van der Waals surface area contributed by atoms with E-state index in [4.69, 9.17) is 5.73 Å². The van der Waals surface area contributed by atoms with Crippen LogP contribution in [0, 0.1) is 5.92 Å². The fourth-order valence-corrected chi connectivity index (χ4v) is 2.51. The number of nitrogens with one attached hydrogen (secondary N) is 1. The highest BCUT2D eigenvalue weighted by atomic mass is 35.5. The van der Waals surface area contributed by atoms with Crippen molar-refractivity contribution >= 4 is 30.7 Å². The Kier molecular flexibility index (Phi) is 10.4. The van der Waals surface area contributed by atoms with Gasteiger partial charge in [-0.1, -0.05) is 31.2 Å². The number of rotatable bonds is 6. The Morgan fingerprint density at radius 1 is 1.27 bits per heavy atom. The molecule has 1 fully saturated rings. The summed E-state index contributed by atoms with van der Waals surface area (Å²) in [4.78, 5) is 14.2. The number of hydrogen-bond acceptors (Lipinski definition) is 3. The van der Waals surface area contributed by atoms with Gasteiger partial charge in [-0.2, -0.15) is 0 Å². The van der Waals surface area contributed by atoms with Crippen molar-refractivity contribution in [3.8, 4) is 0 Å². The van der Waals surface area contributed by atoms with Crippen molar-refractivity contribution in [2.24, 2.45) is 11.7 Å². The second kappa shape index (κ2) is 10.8. The van der Waals surface area contributed by atoms with Crippen LogP contribution in [-0.2, 0) is 17.9 Å². The number of likely N-dealkylation sites (tertiary alicyclic amines) is 1. The maximum absolute atomic E-state index is 11.7. The molecule has 4 nitrogen and oxygen atoms in total. The lowest BCUT2D eigenvalue weighted by Crippen LogP contribution is -2.32. The molecule has 1 aliphatic rings. The molecule has 3 N–H and O–H groups in total. The number of carbonyl (C=O) groups excluding carboxylic acids is 1. The number of benzene rings is 1. The first-order valence-electron chi connectivity index (χ1n) is 7.47. The van der Waals surface area contributed by atoms with Gasteiger partial charge >= 0.3 is 0 Å². The molecule has 22 heavy (non-hydrogen) atoms. The van der Waals surface area contributed by atoms with Crippen LogP contribution in [0.1, 0.15) is 30.9 Å². The van der Waals surface area contributed by atoms with Gasteiger partial charge in [0.2, 0.25) is 5.91 Å². The highest BCUT2D eigenvalue weighted by molar-refractivity contribution is 5.85. The molecule has 0 aliphatic carbocycles. The normalized spacial score (nSPS) is 15.5. The molecule has 1 saturated heterocycles. The fourth-order valence-electron chi connectivity index (χ4n) is 2.51. The highest BCUT2D eigenvalue weighted by Crippen LogP contribution is 2.13. The third-order valence-corrected chi connectivity index (χ3v) is 3.86. The molecule has 1 aromatic carbocycles. The Hall–Kier alpha value is -0.810. The van der Waals surface area contributed by atoms with Crippen molar-refractivity contribution in [2.45, 2.75) is 32.9 Å². The van der Waals surface area contributed by atoms with Gasteiger partial charge in [0.1, 0.15) is 0 Å². The smallest absolute Gasteiger partial charge is 0.224 e. The predicted octanol–water partition coefficient (Wildman–Crippen LogP) is 2.34. The van der Waals surface area contributed by atoms with Crippen LogP contribution < -0.4 is 11.1 Å². The number of hydrogen-bond donors (Lipinski definition) is 2. The Morgan fingerprint density at radius 3 is 2.55 bits per heavy atom. The van der Waals surface area contributed by atoms with Crippen LogP contribution in [0.3, 0.4) is 0 Å². The zero-order chi connectivity index (χ0) is 14.4. The second-order valence-corrected chi connectivity index (χ2v) is 5.66. The van der Waals surface area contributed by atoms with Crippen molar-refractivity contribution in [2.75, 3.05) is 19.6 Å². The molecule has 126 valence electrons. The first-order valence-corrected chi connectivity index (χ1v) is 7.47. The van der Waals surface area contributed by atoms with Gasteiger partial charge in [-0.15, -0.1) is 24.8 Å². The Bertz CT molecular complexity index is 451. The first-order chi connectivity index (χ1) is 9.69. The first kappa shape index (κ1) is 21.2. The van der Waals surface area contributed by atoms with Crippen LogP contribution >= 0.6 is 24.8 Å². The van der Waals surface area contributed by atoms with Crippen molar-refractivity contribution in [3.05, 3.63) is 35.4 Å². The zero-order valence-electron chi connectivity index (χ0n) is 13.1. The highest BCUT2D eigenvalue weighted by Gasteiger charge is 2.12. The Morgan fingerprint density at radius 2 is 1.91 bits per heavy atom. The molecule has 0 saturated carbocycles. The second-order valence-electron chi connectivity index (χ2n) is 5.66. The van der Waals surface area contributed by atoms with Gasteiger partial charge < -0.3 is 11.1 Å². The van der Waals surface area contributed by atoms with Crippen LogP contribution in [0.5, 0.6) is 0 Å². The quantitative estimate of drug-likeness (QED) is 0.830. The van der Waals surface area contributed by atoms with Crippen LogP contribution in [0.2, 0.25) is 0 Å². The molecule has 1 heterocycles. The van der Waals surface area contributed by atoms with E-state index in [9.17, 15) is 4.79 Å². The van der Waals surface area contributed by atoms with E-state index < -0.39 is 0 Å². The van der Waals surface area contributed by atoms with Gasteiger partial charge in [0.25, 0.3) is 0 Å². The topological polar surface area (TPSA) is 58.4 Å². The lowest BCUT2D eigenvalue weighted by molar-refractivity contribution is -0.124. The number of amides is 1. The van der Waals surface area contributed by atoms with Gasteiger partial charge in [0, 0.05) is 25.6 Å². The Labute approximate surface area is 145 Å². The van der Waals surface area contributed by atoms with Gasteiger partial charge in [-0.25, -0.2) is 0 Å². The molecule has 2 rings (SSSR count). The van der Waals surface area contributed by atoms with E-state index in [2.05, 4.69) is 34.5 Å². The molecule has 1 aliphatic heterocycles. The minimum atomic E-state index is -0.122.